The molecule has 0 aliphatic rings. The van der Waals surface area contributed by atoms with Crippen LogP contribution in [0.3, 0.4) is 0 Å². The van der Waals surface area contributed by atoms with Crippen molar-refractivity contribution in [2.45, 2.75) is 6.42 Å². The summed E-state index contributed by atoms with van der Waals surface area (Å²) < 4.78 is 0. The second kappa shape index (κ2) is 7.11. The first-order chi connectivity index (χ1) is 10.0. The number of hydrogen-bond acceptors (Lipinski definition) is 2. The fourth-order valence-corrected chi connectivity index (χ4v) is 1.95. The zero-order chi connectivity index (χ0) is 15.2. The van der Waals surface area contributed by atoms with Gasteiger partial charge in [-0.1, -0.05) is 35.3 Å². The molecule has 2 N–H and O–H groups in total. The van der Waals surface area contributed by atoms with E-state index in [0.29, 0.717) is 21.4 Å². The van der Waals surface area contributed by atoms with E-state index in [9.17, 15) is 9.59 Å². The van der Waals surface area contributed by atoms with Crippen molar-refractivity contribution in [1.29, 1.82) is 0 Å². The molecule has 2 aromatic carbocycles. The number of nitrogens with one attached hydrogen (secondary N) is 2. The third kappa shape index (κ3) is 4.77. The predicted molar refractivity (Wildman–Crippen MR) is 84.8 cm³/mol. The number of rotatable bonds is 4. The minimum atomic E-state index is -0.436. The van der Waals surface area contributed by atoms with E-state index in [0.717, 1.165) is 0 Å². The Kier molecular flexibility index (Phi) is 5.20. The summed E-state index contributed by atoms with van der Waals surface area (Å²) in [6, 6.07) is 13.4. The quantitative estimate of drug-likeness (QED) is 0.837. The predicted octanol–water partition coefficient (Wildman–Crippen LogP) is 3.96. The van der Waals surface area contributed by atoms with E-state index >= 15 is 0 Å². The molecule has 0 fully saturated rings. The third-order valence-electron chi connectivity index (χ3n) is 2.60. The molecule has 108 valence electrons. The number of benzene rings is 2. The van der Waals surface area contributed by atoms with Gasteiger partial charge in [0.15, 0.2) is 0 Å². The number of amides is 2. The van der Waals surface area contributed by atoms with Crippen molar-refractivity contribution in [2.24, 2.45) is 0 Å². The van der Waals surface area contributed by atoms with Gasteiger partial charge in [0.25, 0.3) is 0 Å². The van der Waals surface area contributed by atoms with Gasteiger partial charge >= 0.3 is 0 Å². The molecule has 2 rings (SSSR count). The van der Waals surface area contributed by atoms with Crippen molar-refractivity contribution in [3.05, 3.63) is 58.6 Å². The van der Waals surface area contributed by atoms with E-state index in [4.69, 9.17) is 23.2 Å². The molecule has 2 aromatic rings. The van der Waals surface area contributed by atoms with Crippen LogP contribution in [0.5, 0.6) is 0 Å². The van der Waals surface area contributed by atoms with Crippen molar-refractivity contribution < 1.29 is 9.59 Å². The molecule has 0 saturated carbocycles. The minimum absolute atomic E-state index is 0.298. The smallest absolute Gasteiger partial charge is 0.233 e. The van der Waals surface area contributed by atoms with Crippen molar-refractivity contribution in [3.63, 3.8) is 0 Å². The fraction of sp³-hybridized carbons (Fsp3) is 0.0667. The van der Waals surface area contributed by atoms with Gasteiger partial charge in [-0.3, -0.25) is 9.59 Å². The summed E-state index contributed by atoms with van der Waals surface area (Å²) in [6.45, 7) is 0. The van der Waals surface area contributed by atoms with Gasteiger partial charge in [-0.15, -0.1) is 0 Å². The largest absolute Gasteiger partial charge is 0.326 e. The summed E-state index contributed by atoms with van der Waals surface area (Å²) in [5, 5.41) is 6.19. The maximum absolute atomic E-state index is 11.8. The molecule has 0 saturated heterocycles. The molecule has 4 nitrogen and oxygen atoms in total. The minimum Gasteiger partial charge on any atom is -0.326 e. The molecule has 0 bridgehead atoms. The molecular weight excluding hydrogens is 311 g/mol. The topological polar surface area (TPSA) is 58.2 Å². The highest BCUT2D eigenvalue weighted by Gasteiger charge is 2.11. The van der Waals surface area contributed by atoms with Gasteiger partial charge < -0.3 is 10.6 Å². The van der Waals surface area contributed by atoms with E-state index in [1.165, 1.54) is 0 Å². The van der Waals surface area contributed by atoms with Crippen molar-refractivity contribution in [1.82, 2.24) is 0 Å². The molecule has 0 heterocycles. The summed E-state index contributed by atoms with van der Waals surface area (Å²) in [5.74, 6) is -0.851. The van der Waals surface area contributed by atoms with Crippen molar-refractivity contribution >= 4 is 46.4 Å². The highest BCUT2D eigenvalue weighted by atomic mass is 35.5. The Balaban J connectivity index is 1.89. The van der Waals surface area contributed by atoms with E-state index in [2.05, 4.69) is 10.6 Å². The summed E-state index contributed by atoms with van der Waals surface area (Å²) >= 11 is 11.7. The maximum Gasteiger partial charge on any atom is 0.233 e. The van der Waals surface area contributed by atoms with E-state index in [-0.39, 0.29) is 6.42 Å². The van der Waals surface area contributed by atoms with Crippen LogP contribution in [0.15, 0.2) is 48.5 Å². The fourth-order valence-electron chi connectivity index (χ4n) is 1.64. The SMILES string of the molecule is O=C(CC(=O)Nc1ccccc1Cl)Nc1ccc(Cl)cc1. The van der Waals surface area contributed by atoms with Gasteiger partial charge in [0.2, 0.25) is 11.8 Å². The highest BCUT2D eigenvalue weighted by molar-refractivity contribution is 6.33. The molecular formula is C15H12Cl2N2O2. The molecule has 2 amide bonds. The van der Waals surface area contributed by atoms with Gasteiger partial charge in [-0.2, -0.15) is 0 Å². The monoisotopic (exact) mass is 322 g/mol. The Labute approximate surface area is 132 Å². The van der Waals surface area contributed by atoms with Gasteiger partial charge in [0, 0.05) is 10.7 Å². The average molecular weight is 323 g/mol. The summed E-state index contributed by atoms with van der Waals surface area (Å²) in [5.41, 5.74) is 1.05. The summed E-state index contributed by atoms with van der Waals surface area (Å²) in [7, 11) is 0. The zero-order valence-corrected chi connectivity index (χ0v) is 12.4. The normalized spacial score (nSPS) is 10.0. The summed E-state index contributed by atoms with van der Waals surface area (Å²) in [6.07, 6.45) is -0.298. The van der Waals surface area contributed by atoms with Gasteiger partial charge in [-0.05, 0) is 36.4 Å². The van der Waals surface area contributed by atoms with E-state index in [1.54, 1.807) is 48.5 Å². The van der Waals surface area contributed by atoms with Crippen LogP contribution < -0.4 is 10.6 Å². The molecule has 0 atom stereocenters. The number of hydrogen-bond donors (Lipinski definition) is 2. The van der Waals surface area contributed by atoms with Crippen LogP contribution in [0.2, 0.25) is 10.0 Å². The number of anilines is 2. The van der Waals surface area contributed by atoms with Gasteiger partial charge in [0.05, 0.1) is 10.7 Å². The van der Waals surface area contributed by atoms with Crippen LogP contribution in [0.25, 0.3) is 0 Å². The molecule has 0 radical (unpaired) electrons. The average Bonchev–Trinajstić information content (AvgIpc) is 2.44. The van der Waals surface area contributed by atoms with Crippen LogP contribution in [-0.2, 0) is 9.59 Å². The van der Waals surface area contributed by atoms with E-state index < -0.39 is 11.8 Å². The van der Waals surface area contributed by atoms with Crippen LogP contribution in [0.4, 0.5) is 11.4 Å². The number of carbonyl (C=O) groups excluding carboxylic acids is 2. The molecule has 0 spiro atoms. The second-order valence-electron chi connectivity index (χ2n) is 4.26. The van der Waals surface area contributed by atoms with Crippen LogP contribution in [0, 0.1) is 0 Å². The number of carbonyl (C=O) groups is 2. The summed E-state index contributed by atoms with van der Waals surface area (Å²) in [4.78, 5) is 23.5. The number of halogens is 2. The highest BCUT2D eigenvalue weighted by Crippen LogP contribution is 2.20. The Hall–Kier alpha value is -2.04. The van der Waals surface area contributed by atoms with Crippen LogP contribution in [0.1, 0.15) is 6.42 Å². The Bertz CT molecular complexity index is 657. The Morgan fingerprint density at radius 1 is 0.857 bits per heavy atom. The van der Waals surface area contributed by atoms with E-state index in [1.807, 2.05) is 0 Å². The molecule has 6 heteroatoms. The lowest BCUT2D eigenvalue weighted by atomic mass is 10.3. The molecule has 0 unspecified atom stereocenters. The lowest BCUT2D eigenvalue weighted by molar-refractivity contribution is -0.123. The first kappa shape index (κ1) is 15.4. The molecule has 21 heavy (non-hydrogen) atoms. The van der Waals surface area contributed by atoms with Crippen LogP contribution >= 0.6 is 23.2 Å². The zero-order valence-electron chi connectivity index (χ0n) is 10.9. The van der Waals surface area contributed by atoms with Crippen molar-refractivity contribution in [3.8, 4) is 0 Å². The first-order valence-corrected chi connectivity index (χ1v) is 6.90. The Morgan fingerprint density at radius 3 is 2.14 bits per heavy atom. The van der Waals surface area contributed by atoms with Crippen molar-refractivity contribution in [2.75, 3.05) is 10.6 Å². The Morgan fingerprint density at radius 2 is 1.48 bits per heavy atom. The standard InChI is InChI=1S/C15H12Cl2N2O2/c16-10-5-7-11(8-6-10)18-14(20)9-15(21)19-13-4-2-1-3-12(13)17/h1-8H,9H2,(H,18,20)(H,19,21). The lowest BCUT2D eigenvalue weighted by Gasteiger charge is -2.07. The van der Waals surface area contributed by atoms with Gasteiger partial charge in [-0.25, -0.2) is 0 Å². The van der Waals surface area contributed by atoms with Crippen LogP contribution in [-0.4, -0.2) is 11.8 Å². The third-order valence-corrected chi connectivity index (χ3v) is 3.18. The molecule has 0 aliphatic heterocycles. The van der Waals surface area contributed by atoms with Gasteiger partial charge in [0.1, 0.15) is 6.42 Å². The number of para-hydroxylation sites is 1. The second-order valence-corrected chi connectivity index (χ2v) is 5.10. The molecule has 0 aliphatic carbocycles. The maximum atomic E-state index is 11.8. The molecule has 0 aromatic heterocycles. The first-order valence-electron chi connectivity index (χ1n) is 6.14. The lowest BCUT2D eigenvalue weighted by Crippen LogP contribution is -2.21.